The van der Waals surface area contributed by atoms with Crippen molar-refractivity contribution in [1.29, 1.82) is 0 Å². The van der Waals surface area contributed by atoms with Crippen LogP contribution in [-0.4, -0.2) is 54.5 Å². The van der Waals surface area contributed by atoms with Crippen molar-refractivity contribution in [2.75, 3.05) is 38.0 Å². The number of carbonyl (C=O) groups excluding carboxylic acids is 2. The Morgan fingerprint density at radius 2 is 1.73 bits per heavy atom. The van der Waals surface area contributed by atoms with Crippen LogP contribution in [0.5, 0.6) is 0 Å². The molecular weight excluding hydrogens is 444 g/mol. The molecule has 1 aliphatic heterocycles. The summed E-state index contributed by atoms with van der Waals surface area (Å²) in [6.45, 7) is 8.91. The lowest BCUT2D eigenvalue weighted by Gasteiger charge is -2.35. The molecule has 0 aromatic heterocycles. The first-order chi connectivity index (χ1) is 14.3. The fourth-order valence-corrected chi connectivity index (χ4v) is 4.20. The Balaban J connectivity index is 1.46. The largest absolute Gasteiger partial charge is 0.331 e. The molecule has 1 fully saturated rings. The van der Waals surface area contributed by atoms with Crippen molar-refractivity contribution in [3.05, 3.63) is 63.6 Å². The molecule has 2 aromatic rings. The van der Waals surface area contributed by atoms with Gasteiger partial charge in [0.2, 0.25) is 5.91 Å². The Bertz CT molecular complexity index is 910. The number of piperazine rings is 1. The lowest BCUT2D eigenvalue weighted by atomic mass is 10.1. The van der Waals surface area contributed by atoms with Crippen LogP contribution in [0.1, 0.15) is 29.7 Å². The van der Waals surface area contributed by atoms with Gasteiger partial charge in [0.15, 0.2) is 0 Å². The Morgan fingerprint density at radius 3 is 2.43 bits per heavy atom. The minimum Gasteiger partial charge on any atom is -0.331 e. The number of rotatable bonds is 5. The van der Waals surface area contributed by atoms with Gasteiger partial charge in [-0.25, -0.2) is 4.79 Å². The predicted molar refractivity (Wildman–Crippen MR) is 124 cm³/mol. The number of aryl methyl sites for hydroxylation is 1. The Labute approximate surface area is 186 Å². The van der Waals surface area contributed by atoms with Gasteiger partial charge in [0.25, 0.3) is 0 Å². The highest BCUT2D eigenvalue weighted by atomic mass is 79.9. The van der Waals surface area contributed by atoms with E-state index < -0.39 is 0 Å². The molecule has 3 rings (SSSR count). The average Bonchev–Trinajstić information content (AvgIpc) is 2.72. The fraction of sp³-hybridized carbons (Fsp3) is 0.391. The third-order valence-electron chi connectivity index (χ3n) is 5.62. The number of hydrogen-bond acceptors (Lipinski definition) is 3. The first-order valence-corrected chi connectivity index (χ1v) is 11.0. The molecule has 30 heavy (non-hydrogen) atoms. The number of nitrogens with zero attached hydrogens (tertiary/aromatic N) is 2. The fourth-order valence-electron chi connectivity index (χ4n) is 3.57. The summed E-state index contributed by atoms with van der Waals surface area (Å²) in [5.41, 5.74) is 4.15. The number of anilines is 1. The quantitative estimate of drug-likeness (QED) is 0.688. The van der Waals surface area contributed by atoms with E-state index >= 15 is 0 Å². The highest BCUT2D eigenvalue weighted by Gasteiger charge is 2.24. The lowest BCUT2D eigenvalue weighted by molar-refractivity contribution is -0.117. The summed E-state index contributed by atoms with van der Waals surface area (Å²) in [4.78, 5) is 29.0. The van der Waals surface area contributed by atoms with Gasteiger partial charge in [-0.15, -0.1) is 0 Å². The molecule has 1 aliphatic rings. The number of amides is 3. The molecule has 7 heteroatoms. The normalized spacial score (nSPS) is 15.5. The van der Waals surface area contributed by atoms with Crippen molar-refractivity contribution < 1.29 is 9.59 Å². The molecule has 160 valence electrons. The zero-order valence-electron chi connectivity index (χ0n) is 17.7. The van der Waals surface area contributed by atoms with Crippen molar-refractivity contribution in [1.82, 2.24) is 15.1 Å². The average molecular weight is 473 g/mol. The van der Waals surface area contributed by atoms with Crippen LogP contribution in [0.15, 0.2) is 46.9 Å². The number of hydrogen-bond donors (Lipinski definition) is 2. The van der Waals surface area contributed by atoms with Crippen LogP contribution in [0, 0.1) is 13.8 Å². The molecule has 0 saturated carbocycles. The number of nitrogens with one attached hydrogen (secondary N) is 2. The maximum absolute atomic E-state index is 12.6. The lowest BCUT2D eigenvalue weighted by Crippen LogP contribution is -2.53. The second kappa shape index (κ2) is 10.1. The van der Waals surface area contributed by atoms with Crippen molar-refractivity contribution >= 4 is 33.6 Å². The Hall–Kier alpha value is -2.38. The number of urea groups is 1. The molecule has 1 unspecified atom stereocenters. The highest BCUT2D eigenvalue weighted by Crippen LogP contribution is 2.23. The van der Waals surface area contributed by atoms with Crippen LogP contribution in [0.2, 0.25) is 0 Å². The van der Waals surface area contributed by atoms with Gasteiger partial charge < -0.3 is 15.5 Å². The topological polar surface area (TPSA) is 64.7 Å². The zero-order valence-corrected chi connectivity index (χ0v) is 19.3. The minimum absolute atomic E-state index is 0.0239. The smallest absolute Gasteiger partial charge is 0.317 e. The first-order valence-electron chi connectivity index (χ1n) is 10.2. The molecule has 0 aliphatic carbocycles. The molecular formula is C23H29BrN4O2. The Morgan fingerprint density at radius 1 is 1.03 bits per heavy atom. The standard InChI is InChI=1S/C23H29BrN4O2/c1-16-7-6-10-21(17(16)2)26-22(29)15-27-11-13-28(14-12-27)23(30)25-18(3)19-8-4-5-9-20(19)24/h4-10,18H,11-15H2,1-3H3,(H,25,30)(H,26,29). The molecule has 2 aromatic carbocycles. The summed E-state index contributed by atoms with van der Waals surface area (Å²) in [7, 11) is 0. The molecule has 2 N–H and O–H groups in total. The Kier molecular flexibility index (Phi) is 7.50. The van der Waals surface area contributed by atoms with E-state index in [1.54, 1.807) is 0 Å². The van der Waals surface area contributed by atoms with Crippen molar-refractivity contribution in [2.24, 2.45) is 0 Å². The third-order valence-corrected chi connectivity index (χ3v) is 6.34. The van der Waals surface area contributed by atoms with E-state index in [2.05, 4.69) is 31.5 Å². The van der Waals surface area contributed by atoms with E-state index in [1.807, 2.05) is 68.1 Å². The number of benzene rings is 2. The van der Waals surface area contributed by atoms with Crippen molar-refractivity contribution in [3.8, 4) is 0 Å². The zero-order chi connectivity index (χ0) is 21.7. The van der Waals surface area contributed by atoms with Crippen LogP contribution >= 0.6 is 15.9 Å². The summed E-state index contributed by atoms with van der Waals surface area (Å²) < 4.78 is 0.984. The van der Waals surface area contributed by atoms with Gasteiger partial charge in [0, 0.05) is 36.3 Å². The SMILES string of the molecule is Cc1cccc(NC(=O)CN2CCN(C(=O)NC(C)c3ccccc3Br)CC2)c1C. The van der Waals surface area contributed by atoms with Crippen LogP contribution in [0.25, 0.3) is 0 Å². The molecule has 3 amide bonds. The van der Waals surface area contributed by atoms with E-state index in [9.17, 15) is 9.59 Å². The molecule has 0 bridgehead atoms. The summed E-state index contributed by atoms with van der Waals surface area (Å²) in [6.07, 6.45) is 0. The van der Waals surface area contributed by atoms with E-state index in [0.29, 0.717) is 32.7 Å². The predicted octanol–water partition coefficient (Wildman–Crippen LogP) is 4.09. The number of halogens is 1. The minimum atomic E-state index is -0.0885. The third kappa shape index (κ3) is 5.61. The van der Waals surface area contributed by atoms with Gasteiger partial charge in [-0.2, -0.15) is 0 Å². The molecule has 6 nitrogen and oxygen atoms in total. The van der Waals surface area contributed by atoms with E-state index in [-0.39, 0.29) is 18.0 Å². The molecule has 0 spiro atoms. The van der Waals surface area contributed by atoms with E-state index in [0.717, 1.165) is 26.9 Å². The maximum Gasteiger partial charge on any atom is 0.317 e. The highest BCUT2D eigenvalue weighted by molar-refractivity contribution is 9.10. The number of carbonyl (C=O) groups is 2. The van der Waals surface area contributed by atoms with E-state index in [4.69, 9.17) is 0 Å². The molecule has 1 atom stereocenters. The molecule has 1 heterocycles. The maximum atomic E-state index is 12.6. The van der Waals surface area contributed by atoms with Gasteiger partial charge >= 0.3 is 6.03 Å². The van der Waals surface area contributed by atoms with Gasteiger partial charge in [-0.3, -0.25) is 9.69 Å². The summed E-state index contributed by atoms with van der Waals surface area (Å²) in [5, 5.41) is 6.07. The van der Waals surface area contributed by atoms with Crippen LogP contribution in [0.4, 0.5) is 10.5 Å². The van der Waals surface area contributed by atoms with Crippen LogP contribution < -0.4 is 10.6 Å². The summed E-state index contributed by atoms with van der Waals surface area (Å²) >= 11 is 3.54. The van der Waals surface area contributed by atoms with Crippen molar-refractivity contribution in [3.63, 3.8) is 0 Å². The first kappa shape index (κ1) is 22.3. The van der Waals surface area contributed by atoms with Gasteiger partial charge in [0.05, 0.1) is 12.6 Å². The second-order valence-electron chi connectivity index (χ2n) is 7.75. The second-order valence-corrected chi connectivity index (χ2v) is 8.61. The van der Waals surface area contributed by atoms with Crippen molar-refractivity contribution in [2.45, 2.75) is 26.8 Å². The monoisotopic (exact) mass is 472 g/mol. The van der Waals surface area contributed by atoms with Gasteiger partial charge in [-0.05, 0) is 49.6 Å². The summed E-state index contributed by atoms with van der Waals surface area (Å²) in [5.74, 6) is -0.0239. The van der Waals surface area contributed by atoms with Gasteiger partial charge in [-0.1, -0.05) is 46.3 Å². The molecule has 1 saturated heterocycles. The summed E-state index contributed by atoms with van der Waals surface area (Å²) in [6, 6.07) is 13.6. The van der Waals surface area contributed by atoms with Crippen LogP contribution in [0.3, 0.4) is 0 Å². The van der Waals surface area contributed by atoms with Crippen LogP contribution in [-0.2, 0) is 4.79 Å². The molecule has 0 radical (unpaired) electrons. The van der Waals surface area contributed by atoms with Gasteiger partial charge in [0.1, 0.15) is 0 Å². The van der Waals surface area contributed by atoms with E-state index in [1.165, 1.54) is 0 Å².